The number of rotatable bonds is 4. The van der Waals surface area contributed by atoms with Gasteiger partial charge in [-0.3, -0.25) is 9.59 Å². The van der Waals surface area contributed by atoms with Crippen LogP contribution >= 0.6 is 11.6 Å². The quantitative estimate of drug-likeness (QED) is 0.772. The number of nitrogens with one attached hydrogen (secondary N) is 2. The fourth-order valence-electron chi connectivity index (χ4n) is 2.07. The molecule has 0 atom stereocenters. The van der Waals surface area contributed by atoms with Crippen LogP contribution in [0.5, 0.6) is 0 Å². The molecular weight excluding hydrogens is 316 g/mol. The van der Waals surface area contributed by atoms with Gasteiger partial charge < -0.3 is 10.6 Å². The van der Waals surface area contributed by atoms with Gasteiger partial charge in [-0.2, -0.15) is 5.10 Å². The summed E-state index contributed by atoms with van der Waals surface area (Å²) in [5, 5.41) is 9.85. The third kappa shape index (κ3) is 3.67. The largest absolute Gasteiger partial charge is 0.342 e. The highest BCUT2D eigenvalue weighted by Gasteiger charge is 2.12. The van der Waals surface area contributed by atoms with E-state index >= 15 is 0 Å². The second kappa shape index (κ2) is 6.50. The lowest BCUT2D eigenvalue weighted by atomic mass is 10.3. The van der Waals surface area contributed by atoms with Crippen LogP contribution in [0.2, 0.25) is 5.02 Å². The first-order chi connectivity index (χ1) is 11.1. The Hall–Kier alpha value is -2.86. The summed E-state index contributed by atoms with van der Waals surface area (Å²) in [7, 11) is 0. The Morgan fingerprint density at radius 1 is 1.13 bits per heavy atom. The van der Waals surface area contributed by atoms with Crippen LogP contribution in [0.3, 0.4) is 0 Å². The van der Waals surface area contributed by atoms with Crippen molar-refractivity contribution >= 4 is 34.6 Å². The maximum Gasteiger partial charge on any atom is 0.272 e. The lowest BCUT2D eigenvalue weighted by molar-refractivity contribution is -0.115. The first-order valence-corrected chi connectivity index (χ1v) is 7.28. The van der Waals surface area contributed by atoms with Crippen molar-refractivity contribution < 1.29 is 9.59 Å². The average Bonchev–Trinajstić information content (AvgIpc) is 2.97. The minimum absolute atomic E-state index is 0.154. The number of halogens is 1. The van der Waals surface area contributed by atoms with Gasteiger partial charge in [0.25, 0.3) is 5.91 Å². The Morgan fingerprint density at radius 2 is 2.00 bits per heavy atom. The van der Waals surface area contributed by atoms with Crippen LogP contribution < -0.4 is 10.6 Å². The zero-order valence-electron chi connectivity index (χ0n) is 12.0. The lowest BCUT2D eigenvalue weighted by Crippen LogP contribution is -2.33. The van der Waals surface area contributed by atoms with Gasteiger partial charge in [-0.15, -0.1) is 0 Å². The van der Waals surface area contributed by atoms with E-state index in [1.807, 2.05) is 18.2 Å². The highest BCUT2D eigenvalue weighted by Crippen LogP contribution is 2.14. The van der Waals surface area contributed by atoms with E-state index in [1.165, 1.54) is 0 Å². The van der Waals surface area contributed by atoms with Gasteiger partial charge in [0, 0.05) is 16.9 Å². The van der Waals surface area contributed by atoms with Crippen LogP contribution in [0.4, 0.5) is 5.69 Å². The minimum atomic E-state index is -0.407. The van der Waals surface area contributed by atoms with Crippen molar-refractivity contribution in [3.8, 4) is 0 Å². The molecule has 0 aliphatic heterocycles. The van der Waals surface area contributed by atoms with E-state index in [9.17, 15) is 9.59 Å². The number of pyridine rings is 1. The number of anilines is 1. The van der Waals surface area contributed by atoms with Gasteiger partial charge >= 0.3 is 0 Å². The number of carbonyl (C=O) groups excluding carboxylic acids is 2. The Morgan fingerprint density at radius 3 is 2.78 bits per heavy atom. The molecule has 0 fully saturated rings. The number of benzene rings is 1. The number of hydrogen-bond donors (Lipinski definition) is 2. The number of amides is 2. The molecule has 0 aliphatic rings. The van der Waals surface area contributed by atoms with Crippen LogP contribution in [0.15, 0.2) is 54.7 Å². The van der Waals surface area contributed by atoms with Crippen molar-refractivity contribution in [3.05, 3.63) is 65.4 Å². The molecule has 0 spiro atoms. The number of hydrogen-bond acceptors (Lipinski definition) is 3. The van der Waals surface area contributed by atoms with Crippen LogP contribution in [-0.2, 0) is 4.79 Å². The molecule has 2 aromatic heterocycles. The average molecular weight is 329 g/mol. The van der Waals surface area contributed by atoms with Gasteiger partial charge in [0.1, 0.15) is 0 Å². The van der Waals surface area contributed by atoms with Crippen molar-refractivity contribution in [2.75, 3.05) is 11.9 Å². The molecule has 6 nitrogen and oxygen atoms in total. The van der Waals surface area contributed by atoms with Gasteiger partial charge in [-0.25, -0.2) is 4.52 Å². The molecule has 3 rings (SSSR count). The second-order valence-corrected chi connectivity index (χ2v) is 5.28. The van der Waals surface area contributed by atoms with Crippen molar-refractivity contribution in [1.29, 1.82) is 0 Å². The summed E-state index contributed by atoms with van der Waals surface area (Å²) in [6.07, 6.45) is 1.75. The zero-order valence-corrected chi connectivity index (χ0v) is 12.7. The monoisotopic (exact) mass is 328 g/mol. The molecule has 1 aromatic carbocycles. The number of nitrogens with zero attached hydrogens (tertiary/aromatic N) is 2. The molecular formula is C16H13ClN4O2. The van der Waals surface area contributed by atoms with Crippen molar-refractivity contribution in [2.45, 2.75) is 0 Å². The molecule has 0 radical (unpaired) electrons. The molecule has 2 heterocycles. The number of carbonyl (C=O) groups is 2. The first kappa shape index (κ1) is 15.1. The summed E-state index contributed by atoms with van der Waals surface area (Å²) in [6.45, 7) is -0.154. The summed E-state index contributed by atoms with van der Waals surface area (Å²) < 4.78 is 1.60. The zero-order chi connectivity index (χ0) is 16.2. The highest BCUT2D eigenvalue weighted by atomic mass is 35.5. The maximum absolute atomic E-state index is 12.0. The van der Waals surface area contributed by atoms with E-state index in [4.69, 9.17) is 11.6 Å². The SMILES string of the molecule is O=C(CNC(=O)c1cc2ccccn2n1)Nc1cccc(Cl)c1. The standard InChI is InChI=1S/C16H13ClN4O2/c17-11-4-3-5-12(8-11)19-15(22)10-18-16(23)14-9-13-6-1-2-7-21(13)20-14/h1-9H,10H2,(H,18,23)(H,19,22). The topological polar surface area (TPSA) is 75.5 Å². The summed E-state index contributed by atoms with van der Waals surface area (Å²) >= 11 is 5.84. The predicted octanol–water partition coefficient (Wildman–Crippen LogP) is 2.36. The minimum Gasteiger partial charge on any atom is -0.342 e. The molecule has 2 amide bonds. The normalized spacial score (nSPS) is 10.5. The van der Waals surface area contributed by atoms with Crippen molar-refractivity contribution in [2.24, 2.45) is 0 Å². The molecule has 3 aromatic rings. The van der Waals surface area contributed by atoms with E-state index in [0.29, 0.717) is 10.7 Å². The second-order valence-electron chi connectivity index (χ2n) is 4.84. The van der Waals surface area contributed by atoms with Crippen LogP contribution in [0, 0.1) is 0 Å². The van der Waals surface area contributed by atoms with Crippen molar-refractivity contribution in [3.63, 3.8) is 0 Å². The highest BCUT2D eigenvalue weighted by molar-refractivity contribution is 6.30. The van der Waals surface area contributed by atoms with Gasteiger partial charge in [0.15, 0.2) is 5.69 Å². The molecule has 0 bridgehead atoms. The lowest BCUT2D eigenvalue weighted by Gasteiger charge is -2.06. The van der Waals surface area contributed by atoms with Gasteiger partial charge in [-0.05, 0) is 36.4 Å². The Bertz CT molecular complexity index is 842. The summed E-state index contributed by atoms with van der Waals surface area (Å²) in [5.74, 6) is -0.751. The van der Waals surface area contributed by atoms with E-state index in [0.717, 1.165) is 5.52 Å². The molecule has 0 saturated carbocycles. The molecule has 116 valence electrons. The molecule has 7 heteroatoms. The van der Waals surface area contributed by atoms with E-state index in [-0.39, 0.29) is 18.1 Å². The summed E-state index contributed by atoms with van der Waals surface area (Å²) in [5.41, 5.74) is 1.64. The van der Waals surface area contributed by atoms with Gasteiger partial charge in [-0.1, -0.05) is 23.7 Å². The van der Waals surface area contributed by atoms with Gasteiger partial charge in [0.2, 0.25) is 5.91 Å². The van der Waals surface area contributed by atoms with E-state index in [2.05, 4.69) is 15.7 Å². The fraction of sp³-hybridized carbons (Fsp3) is 0.0625. The molecule has 0 aliphatic carbocycles. The van der Waals surface area contributed by atoms with Crippen LogP contribution in [-0.4, -0.2) is 28.0 Å². The molecule has 23 heavy (non-hydrogen) atoms. The third-order valence-electron chi connectivity index (χ3n) is 3.12. The maximum atomic E-state index is 12.0. The molecule has 2 N–H and O–H groups in total. The number of aromatic nitrogens is 2. The third-order valence-corrected chi connectivity index (χ3v) is 3.36. The van der Waals surface area contributed by atoms with E-state index in [1.54, 1.807) is 41.0 Å². The Labute approximate surface area is 137 Å². The summed E-state index contributed by atoms with van der Waals surface area (Å²) in [6, 6.07) is 14.0. The molecule has 0 saturated heterocycles. The Balaban J connectivity index is 1.59. The summed E-state index contributed by atoms with van der Waals surface area (Å²) in [4.78, 5) is 23.9. The van der Waals surface area contributed by atoms with Crippen LogP contribution in [0.25, 0.3) is 5.52 Å². The van der Waals surface area contributed by atoms with E-state index < -0.39 is 5.91 Å². The first-order valence-electron chi connectivity index (χ1n) is 6.90. The van der Waals surface area contributed by atoms with Gasteiger partial charge in [0.05, 0.1) is 12.1 Å². The molecule has 0 unspecified atom stereocenters. The number of fused-ring (bicyclic) bond motifs is 1. The smallest absolute Gasteiger partial charge is 0.272 e. The Kier molecular flexibility index (Phi) is 4.25. The van der Waals surface area contributed by atoms with Crippen LogP contribution in [0.1, 0.15) is 10.5 Å². The fourth-order valence-corrected chi connectivity index (χ4v) is 2.26. The predicted molar refractivity (Wildman–Crippen MR) is 87.6 cm³/mol. The van der Waals surface area contributed by atoms with Crippen molar-refractivity contribution in [1.82, 2.24) is 14.9 Å².